The Balaban J connectivity index is 2.12. The number of nitrogens with two attached hydrogens (primary N) is 4. The molecule has 12 N–H and O–H groups in total. The fourth-order valence-electron chi connectivity index (χ4n) is 3.92. The summed E-state index contributed by atoms with van der Waals surface area (Å²) in [7, 11) is 0. The van der Waals surface area contributed by atoms with Crippen LogP contribution < -0.4 is 33.6 Å². The first-order valence-corrected chi connectivity index (χ1v) is 11.7. The quantitative estimate of drug-likeness (QED) is 0.0671. The molecule has 16 heteroatoms. The van der Waals surface area contributed by atoms with Crippen molar-refractivity contribution in [2.45, 2.75) is 62.7 Å². The summed E-state index contributed by atoms with van der Waals surface area (Å²) in [5.41, 5.74) is 22.2. The van der Waals surface area contributed by atoms with Crippen LogP contribution in [0.4, 0.5) is 0 Å². The van der Waals surface area contributed by atoms with E-state index >= 15 is 0 Å². The van der Waals surface area contributed by atoms with Crippen LogP contribution in [-0.4, -0.2) is 92.8 Å². The summed E-state index contributed by atoms with van der Waals surface area (Å²) in [4.78, 5) is 73.6. The van der Waals surface area contributed by atoms with Gasteiger partial charge in [0.2, 0.25) is 23.6 Å². The first-order valence-electron chi connectivity index (χ1n) is 11.7. The molecular weight excluding hydrogens is 488 g/mol. The Hall–Kier alpha value is -4.21. The number of imidazole rings is 1. The van der Waals surface area contributed by atoms with Gasteiger partial charge in [0.1, 0.15) is 18.1 Å². The summed E-state index contributed by atoms with van der Waals surface area (Å²) in [6.45, 7) is 0.502. The summed E-state index contributed by atoms with van der Waals surface area (Å²) in [6, 6.07) is -4.53. The SMILES string of the molecule is NC(=O)CC(NC(=O)C1CCCN1C(=O)C(Cc1cnc[nH]1)NC(=O)C(N)CCCN=C(N)N)C(=O)O. The van der Waals surface area contributed by atoms with Crippen molar-refractivity contribution in [3.05, 3.63) is 18.2 Å². The predicted molar refractivity (Wildman–Crippen MR) is 130 cm³/mol. The first kappa shape index (κ1) is 29.0. The van der Waals surface area contributed by atoms with Crippen molar-refractivity contribution in [1.82, 2.24) is 25.5 Å². The third kappa shape index (κ3) is 9.06. The zero-order valence-corrected chi connectivity index (χ0v) is 20.3. The first-order chi connectivity index (χ1) is 17.5. The largest absolute Gasteiger partial charge is 0.480 e. The molecule has 0 aliphatic carbocycles. The average Bonchev–Trinajstić information content (AvgIpc) is 3.52. The monoisotopic (exact) mass is 522 g/mol. The van der Waals surface area contributed by atoms with E-state index in [1.807, 2.05) is 0 Å². The van der Waals surface area contributed by atoms with E-state index in [1.165, 1.54) is 17.4 Å². The molecule has 1 fully saturated rings. The van der Waals surface area contributed by atoms with Crippen molar-refractivity contribution in [2.75, 3.05) is 13.1 Å². The maximum atomic E-state index is 13.5. The van der Waals surface area contributed by atoms with E-state index in [0.29, 0.717) is 18.5 Å². The van der Waals surface area contributed by atoms with Crippen molar-refractivity contribution in [2.24, 2.45) is 27.9 Å². The number of rotatable bonds is 14. The number of carboxylic acid groups (broad SMARTS) is 1. The smallest absolute Gasteiger partial charge is 0.326 e. The summed E-state index contributed by atoms with van der Waals surface area (Å²) in [5.74, 6) is -4.25. The molecule has 1 saturated heterocycles. The second-order valence-electron chi connectivity index (χ2n) is 8.66. The van der Waals surface area contributed by atoms with Gasteiger partial charge in [0.25, 0.3) is 0 Å². The molecule has 4 atom stereocenters. The number of nitrogens with one attached hydrogen (secondary N) is 3. The maximum Gasteiger partial charge on any atom is 0.326 e. The molecule has 1 aromatic heterocycles. The lowest BCUT2D eigenvalue weighted by Crippen LogP contribution is -2.57. The highest BCUT2D eigenvalue weighted by Gasteiger charge is 2.39. The van der Waals surface area contributed by atoms with Crippen molar-refractivity contribution < 1.29 is 29.1 Å². The summed E-state index contributed by atoms with van der Waals surface area (Å²) >= 11 is 0. The molecule has 1 aliphatic rings. The van der Waals surface area contributed by atoms with Crippen LogP contribution >= 0.6 is 0 Å². The molecule has 1 aliphatic heterocycles. The Labute approximate surface area is 212 Å². The third-order valence-corrected chi connectivity index (χ3v) is 5.76. The number of nitrogens with zero attached hydrogens (tertiary/aromatic N) is 3. The molecule has 0 radical (unpaired) electrons. The highest BCUT2D eigenvalue weighted by Crippen LogP contribution is 2.20. The van der Waals surface area contributed by atoms with Crippen molar-refractivity contribution in [3.63, 3.8) is 0 Å². The fraction of sp³-hybridized carbons (Fsp3) is 0.571. The number of aromatic amines is 1. The molecule has 16 nitrogen and oxygen atoms in total. The lowest BCUT2D eigenvalue weighted by Gasteiger charge is -2.29. The van der Waals surface area contributed by atoms with Gasteiger partial charge >= 0.3 is 5.97 Å². The zero-order chi connectivity index (χ0) is 27.5. The summed E-state index contributed by atoms with van der Waals surface area (Å²) in [6.07, 6.45) is 3.83. The summed E-state index contributed by atoms with van der Waals surface area (Å²) in [5, 5.41) is 14.2. The van der Waals surface area contributed by atoms with E-state index in [2.05, 4.69) is 25.6 Å². The number of carbonyl (C=O) groups excluding carboxylic acids is 4. The number of amides is 4. The van der Waals surface area contributed by atoms with Crippen molar-refractivity contribution in [1.29, 1.82) is 0 Å². The van der Waals surface area contributed by atoms with Gasteiger partial charge in [-0.15, -0.1) is 0 Å². The minimum absolute atomic E-state index is 0.0511. The number of aromatic nitrogens is 2. The van der Waals surface area contributed by atoms with Crippen LogP contribution in [0.2, 0.25) is 0 Å². The summed E-state index contributed by atoms with van der Waals surface area (Å²) < 4.78 is 0. The standard InChI is InChI=1S/C21H34N10O6/c22-12(3-1-5-27-21(24)25)17(33)29-13(7-11-9-26-10-28-11)19(35)31-6-2-4-15(31)18(34)30-14(20(36)37)8-16(23)32/h9-10,12-15H,1-8,22H2,(H2,23,32)(H,26,28)(H,29,33)(H,30,34)(H,36,37)(H4,24,25,27). The number of H-pyrrole nitrogens is 1. The predicted octanol–water partition coefficient (Wildman–Crippen LogP) is -3.75. The molecule has 4 unspecified atom stereocenters. The Kier molecular flexibility index (Phi) is 10.8. The number of carbonyl (C=O) groups is 5. The number of guanidine groups is 1. The molecule has 0 aromatic carbocycles. The number of primary amides is 1. The molecule has 2 rings (SSSR count). The van der Waals surface area contributed by atoms with E-state index in [1.54, 1.807) is 0 Å². The van der Waals surface area contributed by atoms with Gasteiger partial charge in [-0.1, -0.05) is 0 Å². The molecule has 37 heavy (non-hydrogen) atoms. The maximum absolute atomic E-state index is 13.5. The van der Waals surface area contributed by atoms with Gasteiger partial charge in [-0.25, -0.2) is 9.78 Å². The molecule has 1 aromatic rings. The minimum Gasteiger partial charge on any atom is -0.480 e. The third-order valence-electron chi connectivity index (χ3n) is 5.76. The second kappa shape index (κ2) is 13.8. The van der Waals surface area contributed by atoms with Gasteiger partial charge < -0.3 is 48.6 Å². The Morgan fingerprint density at radius 3 is 2.51 bits per heavy atom. The van der Waals surface area contributed by atoms with Crippen molar-refractivity contribution >= 4 is 35.6 Å². The lowest BCUT2D eigenvalue weighted by atomic mass is 10.1. The Bertz CT molecular complexity index is 994. The highest BCUT2D eigenvalue weighted by molar-refractivity contribution is 5.95. The minimum atomic E-state index is -1.53. The van der Waals surface area contributed by atoms with Crippen LogP contribution in [0.3, 0.4) is 0 Å². The van der Waals surface area contributed by atoms with Gasteiger partial charge in [-0.3, -0.25) is 24.2 Å². The van der Waals surface area contributed by atoms with E-state index < -0.39 is 60.2 Å². The molecular formula is C21H34N10O6. The normalized spacial score (nSPS) is 17.3. The number of aliphatic carboxylic acids is 1. The van der Waals surface area contributed by atoms with Crippen LogP contribution in [0, 0.1) is 0 Å². The molecule has 0 bridgehead atoms. The Morgan fingerprint density at radius 2 is 1.92 bits per heavy atom. The average molecular weight is 523 g/mol. The van der Waals surface area contributed by atoms with Gasteiger partial charge in [0.05, 0.1) is 18.8 Å². The molecule has 4 amide bonds. The van der Waals surface area contributed by atoms with Crippen LogP contribution in [0.1, 0.15) is 37.8 Å². The molecule has 0 saturated carbocycles. The number of hydrogen-bond acceptors (Lipinski definition) is 8. The second-order valence-corrected chi connectivity index (χ2v) is 8.66. The van der Waals surface area contributed by atoms with Crippen LogP contribution in [0.25, 0.3) is 0 Å². The van der Waals surface area contributed by atoms with Gasteiger partial charge in [0.15, 0.2) is 5.96 Å². The van der Waals surface area contributed by atoms with Gasteiger partial charge in [-0.2, -0.15) is 0 Å². The molecule has 204 valence electrons. The van der Waals surface area contributed by atoms with E-state index in [-0.39, 0.29) is 38.3 Å². The number of likely N-dealkylation sites (tertiary alicyclic amines) is 1. The van der Waals surface area contributed by atoms with Crippen molar-refractivity contribution in [3.8, 4) is 0 Å². The van der Waals surface area contributed by atoms with Crippen LogP contribution in [-0.2, 0) is 30.4 Å². The number of aliphatic imine (C=N–C) groups is 1. The number of hydrogen-bond donors (Lipinski definition) is 8. The molecule has 0 spiro atoms. The van der Waals surface area contributed by atoms with Crippen LogP contribution in [0.5, 0.6) is 0 Å². The Morgan fingerprint density at radius 1 is 1.19 bits per heavy atom. The lowest BCUT2D eigenvalue weighted by molar-refractivity contribution is -0.145. The van der Waals surface area contributed by atoms with Gasteiger partial charge in [-0.05, 0) is 25.7 Å². The van der Waals surface area contributed by atoms with E-state index in [9.17, 15) is 29.1 Å². The van der Waals surface area contributed by atoms with Crippen LogP contribution in [0.15, 0.2) is 17.5 Å². The topological polar surface area (TPSA) is 278 Å². The fourth-order valence-corrected chi connectivity index (χ4v) is 3.92. The molecule has 2 heterocycles. The van der Waals surface area contributed by atoms with Gasteiger partial charge in [0, 0.05) is 31.4 Å². The highest BCUT2D eigenvalue weighted by atomic mass is 16.4. The van der Waals surface area contributed by atoms with E-state index in [0.717, 1.165) is 0 Å². The number of carboxylic acids is 1. The zero-order valence-electron chi connectivity index (χ0n) is 20.3. The van der Waals surface area contributed by atoms with E-state index in [4.69, 9.17) is 22.9 Å².